The summed E-state index contributed by atoms with van der Waals surface area (Å²) >= 11 is 1.19. The number of alkyl halides is 3. The number of aromatic nitrogens is 1. The summed E-state index contributed by atoms with van der Waals surface area (Å²) in [5.41, 5.74) is 0.392. The summed E-state index contributed by atoms with van der Waals surface area (Å²) < 4.78 is 38.3. The monoisotopic (exact) mass is 437 g/mol. The van der Waals surface area contributed by atoms with E-state index in [1.54, 1.807) is 11.8 Å². The standard InChI is InChI=1S/C21H22F3N3O2S/c1-12-17(30-19(25-12)14-2-4-15(5-3-14)21(22,23)24)20(29)27-10-8-13(9-11-27)18(28)26-16-6-7-16/h2-5,13,16H,6-11H2,1H3,(H,26,28). The number of rotatable bonds is 4. The number of aryl methyl sites for hydroxylation is 1. The molecule has 1 aliphatic heterocycles. The number of hydrogen-bond acceptors (Lipinski definition) is 4. The third-order valence-electron chi connectivity index (χ3n) is 5.53. The maximum atomic E-state index is 13.0. The maximum absolute atomic E-state index is 13.0. The van der Waals surface area contributed by atoms with Gasteiger partial charge < -0.3 is 10.2 Å². The molecular formula is C21H22F3N3O2S. The van der Waals surface area contributed by atoms with Crippen LogP contribution in [0.1, 0.15) is 46.6 Å². The van der Waals surface area contributed by atoms with Crippen LogP contribution in [0.25, 0.3) is 10.6 Å². The highest BCUT2D eigenvalue weighted by Crippen LogP contribution is 2.33. The molecule has 1 aromatic carbocycles. The highest BCUT2D eigenvalue weighted by atomic mass is 32.1. The normalized spacial score (nSPS) is 17.8. The van der Waals surface area contributed by atoms with Gasteiger partial charge in [0, 0.05) is 30.6 Å². The van der Waals surface area contributed by atoms with Gasteiger partial charge in [0.1, 0.15) is 9.88 Å². The van der Waals surface area contributed by atoms with E-state index in [1.165, 1.54) is 23.5 Å². The topological polar surface area (TPSA) is 62.3 Å². The van der Waals surface area contributed by atoms with Gasteiger partial charge in [0.25, 0.3) is 5.91 Å². The fraction of sp³-hybridized carbons (Fsp3) is 0.476. The Morgan fingerprint density at radius 2 is 1.73 bits per heavy atom. The molecule has 5 nitrogen and oxygen atoms in total. The van der Waals surface area contributed by atoms with Crippen molar-refractivity contribution >= 4 is 23.2 Å². The molecule has 2 fully saturated rings. The summed E-state index contributed by atoms with van der Waals surface area (Å²) in [7, 11) is 0. The van der Waals surface area contributed by atoms with Crippen molar-refractivity contribution in [3.8, 4) is 10.6 Å². The Balaban J connectivity index is 1.41. The zero-order chi connectivity index (χ0) is 21.5. The fourth-order valence-corrected chi connectivity index (χ4v) is 4.59. The number of carbonyl (C=O) groups is 2. The van der Waals surface area contributed by atoms with E-state index in [2.05, 4.69) is 10.3 Å². The van der Waals surface area contributed by atoms with Crippen LogP contribution in [0.5, 0.6) is 0 Å². The Hall–Kier alpha value is -2.42. The average Bonchev–Trinajstić information content (AvgIpc) is 3.45. The van der Waals surface area contributed by atoms with Crippen molar-refractivity contribution in [1.29, 1.82) is 0 Å². The molecule has 1 N–H and O–H groups in total. The average molecular weight is 437 g/mol. The van der Waals surface area contributed by atoms with E-state index >= 15 is 0 Å². The van der Waals surface area contributed by atoms with E-state index in [9.17, 15) is 22.8 Å². The molecule has 1 saturated carbocycles. The van der Waals surface area contributed by atoms with Crippen LogP contribution in [0.3, 0.4) is 0 Å². The van der Waals surface area contributed by atoms with Crippen molar-refractivity contribution in [3.63, 3.8) is 0 Å². The Bertz CT molecular complexity index is 943. The molecule has 1 aromatic heterocycles. The molecule has 9 heteroatoms. The number of likely N-dealkylation sites (tertiary alicyclic amines) is 1. The lowest BCUT2D eigenvalue weighted by Crippen LogP contribution is -2.43. The predicted octanol–water partition coefficient (Wildman–Crippen LogP) is 4.27. The highest BCUT2D eigenvalue weighted by molar-refractivity contribution is 7.17. The Morgan fingerprint density at radius 3 is 2.30 bits per heavy atom. The third kappa shape index (κ3) is 4.50. The van der Waals surface area contributed by atoms with Crippen LogP contribution in [-0.4, -0.2) is 40.8 Å². The third-order valence-corrected chi connectivity index (χ3v) is 6.72. The zero-order valence-corrected chi connectivity index (χ0v) is 17.3. The van der Waals surface area contributed by atoms with E-state index in [0.29, 0.717) is 53.1 Å². The molecule has 0 bridgehead atoms. The van der Waals surface area contributed by atoms with Gasteiger partial charge >= 0.3 is 6.18 Å². The highest BCUT2D eigenvalue weighted by Gasteiger charge is 2.33. The zero-order valence-electron chi connectivity index (χ0n) is 16.5. The number of carbonyl (C=O) groups excluding carboxylic acids is 2. The number of amides is 2. The number of benzene rings is 1. The molecule has 30 heavy (non-hydrogen) atoms. The van der Waals surface area contributed by atoms with Gasteiger partial charge in [-0.15, -0.1) is 11.3 Å². The number of nitrogens with one attached hydrogen (secondary N) is 1. The first kappa shape index (κ1) is 20.8. The van der Waals surface area contributed by atoms with Crippen molar-refractivity contribution in [3.05, 3.63) is 40.4 Å². The summed E-state index contributed by atoms with van der Waals surface area (Å²) in [5, 5.41) is 3.54. The summed E-state index contributed by atoms with van der Waals surface area (Å²) in [4.78, 5) is 31.8. The van der Waals surface area contributed by atoms with Crippen LogP contribution in [0.2, 0.25) is 0 Å². The van der Waals surface area contributed by atoms with Gasteiger partial charge in [0.15, 0.2) is 0 Å². The number of halogens is 3. The van der Waals surface area contributed by atoms with Gasteiger partial charge in [-0.05, 0) is 44.7 Å². The van der Waals surface area contributed by atoms with E-state index in [4.69, 9.17) is 0 Å². The second-order valence-electron chi connectivity index (χ2n) is 7.86. The van der Waals surface area contributed by atoms with E-state index < -0.39 is 11.7 Å². The van der Waals surface area contributed by atoms with Crippen LogP contribution in [0, 0.1) is 12.8 Å². The summed E-state index contributed by atoms with van der Waals surface area (Å²) in [6.45, 7) is 2.75. The molecule has 2 amide bonds. The van der Waals surface area contributed by atoms with Gasteiger partial charge in [-0.1, -0.05) is 12.1 Å². The predicted molar refractivity (Wildman–Crippen MR) is 107 cm³/mol. The lowest BCUT2D eigenvalue weighted by atomic mass is 9.95. The summed E-state index contributed by atoms with van der Waals surface area (Å²) in [5.74, 6) is -0.104. The summed E-state index contributed by atoms with van der Waals surface area (Å²) in [6, 6.07) is 5.12. The van der Waals surface area contributed by atoms with Gasteiger partial charge in [-0.25, -0.2) is 4.98 Å². The molecule has 1 aliphatic carbocycles. The number of thiazole rings is 1. The van der Waals surface area contributed by atoms with Crippen molar-refractivity contribution in [2.75, 3.05) is 13.1 Å². The molecule has 2 aromatic rings. The van der Waals surface area contributed by atoms with E-state index in [1.807, 2.05) is 0 Å². The first-order chi connectivity index (χ1) is 14.2. The number of piperidine rings is 1. The summed E-state index contributed by atoms with van der Waals surface area (Å²) in [6.07, 6.45) is -1.02. The second-order valence-corrected chi connectivity index (χ2v) is 8.86. The molecule has 0 atom stereocenters. The molecule has 2 heterocycles. The maximum Gasteiger partial charge on any atom is 0.416 e. The lowest BCUT2D eigenvalue weighted by Gasteiger charge is -2.31. The van der Waals surface area contributed by atoms with Crippen molar-refractivity contribution in [2.24, 2.45) is 5.92 Å². The first-order valence-electron chi connectivity index (χ1n) is 9.97. The van der Waals surface area contributed by atoms with Crippen LogP contribution in [0.15, 0.2) is 24.3 Å². The number of nitrogens with zero attached hydrogens (tertiary/aromatic N) is 2. The molecule has 0 radical (unpaired) electrons. The Kier molecular flexibility index (Phi) is 5.57. The Morgan fingerprint density at radius 1 is 1.10 bits per heavy atom. The van der Waals surface area contributed by atoms with Crippen molar-refractivity contribution in [1.82, 2.24) is 15.2 Å². The molecule has 1 saturated heterocycles. The second kappa shape index (κ2) is 8.02. The van der Waals surface area contributed by atoms with Crippen LogP contribution in [-0.2, 0) is 11.0 Å². The van der Waals surface area contributed by atoms with E-state index in [-0.39, 0.29) is 17.7 Å². The Labute approximate surface area is 176 Å². The SMILES string of the molecule is Cc1nc(-c2ccc(C(F)(F)F)cc2)sc1C(=O)N1CCC(C(=O)NC2CC2)CC1. The minimum absolute atomic E-state index is 0.0556. The van der Waals surface area contributed by atoms with Crippen molar-refractivity contribution < 1.29 is 22.8 Å². The smallest absolute Gasteiger partial charge is 0.353 e. The molecule has 4 rings (SSSR count). The minimum atomic E-state index is -4.39. The molecule has 160 valence electrons. The molecule has 0 spiro atoms. The van der Waals surface area contributed by atoms with Crippen LogP contribution >= 0.6 is 11.3 Å². The van der Waals surface area contributed by atoms with Gasteiger partial charge in [-0.2, -0.15) is 13.2 Å². The van der Waals surface area contributed by atoms with Crippen molar-refractivity contribution in [2.45, 2.75) is 44.8 Å². The lowest BCUT2D eigenvalue weighted by molar-refractivity contribution is -0.137. The fourth-order valence-electron chi connectivity index (χ4n) is 3.56. The quantitative estimate of drug-likeness (QED) is 0.777. The van der Waals surface area contributed by atoms with Gasteiger partial charge in [0.2, 0.25) is 5.91 Å². The van der Waals surface area contributed by atoms with Crippen LogP contribution < -0.4 is 5.32 Å². The molecular weight excluding hydrogens is 415 g/mol. The molecule has 0 unspecified atom stereocenters. The van der Waals surface area contributed by atoms with Crippen LogP contribution in [0.4, 0.5) is 13.2 Å². The largest absolute Gasteiger partial charge is 0.416 e. The van der Waals surface area contributed by atoms with Gasteiger partial charge in [-0.3, -0.25) is 9.59 Å². The first-order valence-corrected chi connectivity index (χ1v) is 10.8. The molecule has 2 aliphatic rings. The number of hydrogen-bond donors (Lipinski definition) is 1. The van der Waals surface area contributed by atoms with E-state index in [0.717, 1.165) is 25.0 Å². The minimum Gasteiger partial charge on any atom is -0.353 e. The van der Waals surface area contributed by atoms with Gasteiger partial charge in [0.05, 0.1) is 11.3 Å².